The van der Waals surface area contributed by atoms with E-state index in [2.05, 4.69) is 15.2 Å². The quantitative estimate of drug-likeness (QED) is 0.369. The number of carbonyl (C=O) groups is 2. The molecule has 0 atom stereocenters. The summed E-state index contributed by atoms with van der Waals surface area (Å²) in [6.45, 7) is 4.68. The third kappa shape index (κ3) is 6.62. The van der Waals surface area contributed by atoms with Crippen molar-refractivity contribution in [1.29, 1.82) is 0 Å². The predicted molar refractivity (Wildman–Crippen MR) is 147 cm³/mol. The Kier molecular flexibility index (Phi) is 8.53. The van der Waals surface area contributed by atoms with E-state index in [0.717, 1.165) is 49.2 Å². The lowest BCUT2D eigenvalue weighted by atomic mass is 9.89. The van der Waals surface area contributed by atoms with Crippen LogP contribution in [0.4, 0.5) is 14.5 Å². The van der Waals surface area contributed by atoms with Crippen molar-refractivity contribution in [2.45, 2.75) is 38.0 Å². The van der Waals surface area contributed by atoms with Gasteiger partial charge in [0, 0.05) is 49.2 Å². The number of nitrogens with zero attached hydrogens (tertiary/aromatic N) is 3. The highest BCUT2D eigenvalue weighted by Gasteiger charge is 2.25. The topological polar surface area (TPSA) is 65.5 Å². The highest BCUT2D eigenvalue weighted by molar-refractivity contribution is 6.31. The van der Waals surface area contributed by atoms with Crippen molar-refractivity contribution < 1.29 is 18.4 Å². The molecule has 2 amide bonds. The molecule has 2 aliphatic heterocycles. The smallest absolute Gasteiger partial charge is 0.255 e. The van der Waals surface area contributed by atoms with Crippen LogP contribution in [0, 0.1) is 11.6 Å². The van der Waals surface area contributed by atoms with Crippen molar-refractivity contribution in [2.24, 2.45) is 0 Å². The van der Waals surface area contributed by atoms with Crippen LogP contribution in [0.25, 0.3) is 0 Å². The predicted octanol–water partition coefficient (Wildman–Crippen LogP) is 5.92. The molecule has 1 N–H and O–H groups in total. The van der Waals surface area contributed by atoms with Crippen LogP contribution in [0.2, 0.25) is 5.02 Å². The maximum atomic E-state index is 13.6. The maximum Gasteiger partial charge on any atom is 0.255 e. The summed E-state index contributed by atoms with van der Waals surface area (Å²) >= 11 is 5.65. The molecule has 0 saturated carbocycles. The third-order valence-corrected chi connectivity index (χ3v) is 7.90. The van der Waals surface area contributed by atoms with Gasteiger partial charge in [-0.25, -0.2) is 8.78 Å². The van der Waals surface area contributed by atoms with Gasteiger partial charge in [0.25, 0.3) is 11.8 Å². The van der Waals surface area contributed by atoms with Crippen LogP contribution in [0.15, 0.2) is 54.7 Å². The lowest BCUT2D eigenvalue weighted by Gasteiger charge is -2.32. The van der Waals surface area contributed by atoms with E-state index >= 15 is 0 Å². The number of aromatic nitrogens is 1. The summed E-state index contributed by atoms with van der Waals surface area (Å²) < 4.78 is 27.0. The lowest BCUT2D eigenvalue weighted by Crippen LogP contribution is -2.38. The summed E-state index contributed by atoms with van der Waals surface area (Å²) in [6, 6.07) is 13.2. The second kappa shape index (κ2) is 12.2. The second-order valence-corrected chi connectivity index (χ2v) is 10.6. The highest BCUT2D eigenvalue weighted by atomic mass is 35.5. The van der Waals surface area contributed by atoms with Gasteiger partial charge in [-0.2, -0.15) is 0 Å². The van der Waals surface area contributed by atoms with Gasteiger partial charge in [-0.3, -0.25) is 14.6 Å². The molecule has 0 spiro atoms. The Labute approximate surface area is 232 Å². The Hall–Kier alpha value is -3.36. The van der Waals surface area contributed by atoms with Gasteiger partial charge in [0.1, 0.15) is 0 Å². The van der Waals surface area contributed by atoms with E-state index in [1.165, 1.54) is 25.9 Å². The Bertz CT molecular complexity index is 1300. The van der Waals surface area contributed by atoms with Crippen molar-refractivity contribution in [2.75, 3.05) is 38.0 Å². The molecule has 0 aliphatic carbocycles. The summed E-state index contributed by atoms with van der Waals surface area (Å²) in [5.74, 6) is -2.61. The SMILES string of the molecule is O=C(Nc1ccc(C2CCN(C(=O)c3ccc(CCN4CCCC4)nc3)CC2)cc1)c1cc(F)c(F)c(Cl)c1. The zero-order valence-corrected chi connectivity index (χ0v) is 22.4. The van der Waals surface area contributed by atoms with E-state index in [1.54, 1.807) is 18.3 Å². The number of hydrogen-bond acceptors (Lipinski definition) is 4. The van der Waals surface area contributed by atoms with E-state index in [0.29, 0.717) is 30.3 Å². The molecule has 3 heterocycles. The Morgan fingerprint density at radius 2 is 1.67 bits per heavy atom. The average molecular weight is 553 g/mol. The molecular formula is C30H31ClF2N4O2. The summed E-state index contributed by atoms with van der Waals surface area (Å²) in [5.41, 5.74) is 3.24. The molecule has 3 aromatic rings. The lowest BCUT2D eigenvalue weighted by molar-refractivity contribution is 0.0712. The Morgan fingerprint density at radius 1 is 0.949 bits per heavy atom. The number of likely N-dealkylation sites (tertiary alicyclic amines) is 2. The van der Waals surface area contributed by atoms with Gasteiger partial charge in [-0.05, 0) is 86.7 Å². The molecule has 39 heavy (non-hydrogen) atoms. The molecule has 204 valence electrons. The zero-order valence-electron chi connectivity index (χ0n) is 21.6. The largest absolute Gasteiger partial charge is 0.339 e. The van der Waals surface area contributed by atoms with Gasteiger partial charge < -0.3 is 15.1 Å². The molecule has 0 unspecified atom stereocenters. The van der Waals surface area contributed by atoms with Crippen molar-refractivity contribution in [3.63, 3.8) is 0 Å². The van der Waals surface area contributed by atoms with Gasteiger partial charge in [0.2, 0.25) is 0 Å². The molecule has 6 nitrogen and oxygen atoms in total. The number of anilines is 1. The van der Waals surface area contributed by atoms with E-state index in [4.69, 9.17) is 11.6 Å². The van der Waals surface area contributed by atoms with E-state index in [-0.39, 0.29) is 11.5 Å². The molecule has 2 aromatic carbocycles. The fourth-order valence-electron chi connectivity index (χ4n) is 5.30. The number of pyridine rings is 1. The number of halogens is 3. The van der Waals surface area contributed by atoms with Gasteiger partial charge in [0.15, 0.2) is 11.6 Å². The van der Waals surface area contributed by atoms with Crippen LogP contribution in [-0.4, -0.2) is 59.3 Å². The minimum atomic E-state index is -1.18. The number of carbonyl (C=O) groups excluding carboxylic acids is 2. The fourth-order valence-corrected chi connectivity index (χ4v) is 5.51. The van der Waals surface area contributed by atoms with Gasteiger partial charge in [0.05, 0.1) is 10.6 Å². The maximum absolute atomic E-state index is 13.6. The molecule has 0 radical (unpaired) electrons. The van der Waals surface area contributed by atoms with Crippen molar-refractivity contribution >= 4 is 29.1 Å². The highest BCUT2D eigenvalue weighted by Crippen LogP contribution is 2.30. The first-order valence-electron chi connectivity index (χ1n) is 13.4. The molecule has 2 aliphatic rings. The van der Waals surface area contributed by atoms with E-state index in [1.807, 2.05) is 29.2 Å². The van der Waals surface area contributed by atoms with Crippen LogP contribution >= 0.6 is 11.6 Å². The van der Waals surface area contributed by atoms with Crippen LogP contribution in [-0.2, 0) is 6.42 Å². The molecule has 0 bridgehead atoms. The van der Waals surface area contributed by atoms with Crippen LogP contribution < -0.4 is 5.32 Å². The molecule has 2 saturated heterocycles. The number of rotatable bonds is 7. The van der Waals surface area contributed by atoms with Crippen LogP contribution in [0.5, 0.6) is 0 Å². The van der Waals surface area contributed by atoms with Crippen LogP contribution in [0.1, 0.15) is 63.6 Å². The summed E-state index contributed by atoms with van der Waals surface area (Å²) in [7, 11) is 0. The first-order chi connectivity index (χ1) is 18.9. The molecule has 1 aromatic heterocycles. The minimum absolute atomic E-state index is 0.0161. The molecular weight excluding hydrogens is 522 g/mol. The first kappa shape index (κ1) is 27.2. The normalized spacial score (nSPS) is 16.4. The van der Waals surface area contributed by atoms with Crippen LogP contribution in [0.3, 0.4) is 0 Å². The number of hydrogen-bond donors (Lipinski definition) is 1. The zero-order chi connectivity index (χ0) is 27.4. The monoisotopic (exact) mass is 552 g/mol. The summed E-state index contributed by atoms with van der Waals surface area (Å²) in [5, 5.41) is 2.24. The van der Waals surface area contributed by atoms with Crippen molar-refractivity contribution in [3.8, 4) is 0 Å². The number of piperidine rings is 1. The molecule has 9 heteroatoms. The standard InChI is InChI=1S/C30H31ClF2N4O2/c31-26-17-23(18-27(32)28(26)33)29(38)35-25-7-3-20(4-8-25)21-9-15-37(16-10-21)30(39)22-5-6-24(34-19-22)11-14-36-12-1-2-13-36/h3-8,17-19,21H,1-2,9-16H2,(H,35,38). The third-order valence-electron chi connectivity index (χ3n) is 7.62. The van der Waals surface area contributed by atoms with Gasteiger partial charge >= 0.3 is 0 Å². The second-order valence-electron chi connectivity index (χ2n) is 10.2. The molecule has 2 fully saturated rings. The first-order valence-corrected chi connectivity index (χ1v) is 13.8. The van der Waals surface area contributed by atoms with E-state index < -0.39 is 22.6 Å². The Balaban J connectivity index is 1.11. The number of amides is 2. The minimum Gasteiger partial charge on any atom is -0.339 e. The number of nitrogens with one attached hydrogen (secondary N) is 1. The fraction of sp³-hybridized carbons (Fsp3) is 0.367. The van der Waals surface area contributed by atoms with Gasteiger partial charge in [-0.1, -0.05) is 23.7 Å². The summed E-state index contributed by atoms with van der Waals surface area (Å²) in [6.07, 6.45) is 6.84. The van der Waals surface area contributed by atoms with Crippen molar-refractivity contribution in [1.82, 2.24) is 14.8 Å². The average Bonchev–Trinajstić information content (AvgIpc) is 3.49. The van der Waals surface area contributed by atoms with Gasteiger partial charge in [-0.15, -0.1) is 0 Å². The summed E-state index contributed by atoms with van der Waals surface area (Å²) in [4.78, 5) is 34.3. The Morgan fingerprint density at radius 3 is 2.31 bits per heavy atom. The van der Waals surface area contributed by atoms with Crippen molar-refractivity contribution in [3.05, 3.63) is 93.8 Å². The van der Waals surface area contributed by atoms with E-state index in [9.17, 15) is 18.4 Å². The molecule has 5 rings (SSSR count). The number of benzene rings is 2.